The van der Waals surface area contributed by atoms with Crippen LogP contribution in [-0.4, -0.2) is 67.1 Å². The molecule has 1 aromatic rings. The van der Waals surface area contributed by atoms with Crippen molar-refractivity contribution in [2.24, 2.45) is 0 Å². The van der Waals surface area contributed by atoms with Gasteiger partial charge in [-0.15, -0.1) is 0 Å². The van der Waals surface area contributed by atoms with Gasteiger partial charge in [0.25, 0.3) is 0 Å². The molecule has 27 heavy (non-hydrogen) atoms. The van der Waals surface area contributed by atoms with Crippen molar-refractivity contribution in [2.75, 3.05) is 26.7 Å². The third kappa shape index (κ3) is 6.76. The molecule has 0 atom stereocenters. The standard InChI is InChI=1S/C18H26N2O6S/c1-4-11-20(13-18(23)24)17(22)6-5-12-19(3)27(25,26)16-9-7-15(8-10-16)14(2)21/h7-10H,4-6,11-13H2,1-3H3,(H,23,24). The Morgan fingerprint density at radius 2 is 1.67 bits per heavy atom. The van der Waals surface area contributed by atoms with Gasteiger partial charge in [-0.2, -0.15) is 0 Å². The average molecular weight is 398 g/mol. The van der Waals surface area contributed by atoms with Crippen molar-refractivity contribution in [3.8, 4) is 0 Å². The molecule has 0 radical (unpaired) electrons. The fourth-order valence-corrected chi connectivity index (χ4v) is 3.71. The Kier molecular flexibility index (Phi) is 8.58. The van der Waals surface area contributed by atoms with Crippen molar-refractivity contribution in [2.45, 2.75) is 38.0 Å². The minimum atomic E-state index is -3.73. The van der Waals surface area contributed by atoms with Crippen molar-refractivity contribution < 1.29 is 27.9 Å². The first-order valence-electron chi connectivity index (χ1n) is 8.66. The van der Waals surface area contributed by atoms with Crippen molar-refractivity contribution in [1.82, 2.24) is 9.21 Å². The summed E-state index contributed by atoms with van der Waals surface area (Å²) in [5.41, 5.74) is 0.427. The zero-order valence-corrected chi connectivity index (χ0v) is 16.7. The molecule has 0 saturated carbocycles. The molecular formula is C18H26N2O6S. The number of carbonyl (C=O) groups is 3. The first-order chi connectivity index (χ1) is 12.6. The second kappa shape index (κ2) is 10.2. The Labute approximate surface area is 159 Å². The number of sulfonamides is 1. The van der Waals surface area contributed by atoms with Gasteiger partial charge in [0.2, 0.25) is 15.9 Å². The number of hydrogen-bond donors (Lipinski definition) is 1. The van der Waals surface area contributed by atoms with Crippen LogP contribution in [-0.2, 0) is 19.6 Å². The number of Topliss-reactive ketones (excluding diaryl/α,β-unsaturated/α-hetero) is 1. The summed E-state index contributed by atoms with van der Waals surface area (Å²) in [4.78, 5) is 35.6. The SMILES string of the molecule is CCCN(CC(=O)O)C(=O)CCCN(C)S(=O)(=O)c1ccc(C(C)=O)cc1. The maximum absolute atomic E-state index is 12.5. The Balaban J connectivity index is 2.66. The van der Waals surface area contributed by atoms with Gasteiger partial charge in [0, 0.05) is 32.1 Å². The van der Waals surface area contributed by atoms with Crippen LogP contribution in [0.4, 0.5) is 0 Å². The molecule has 8 nitrogen and oxygen atoms in total. The van der Waals surface area contributed by atoms with Gasteiger partial charge in [-0.3, -0.25) is 14.4 Å². The van der Waals surface area contributed by atoms with Crippen LogP contribution in [0.2, 0.25) is 0 Å². The van der Waals surface area contributed by atoms with Crippen molar-refractivity contribution >= 4 is 27.7 Å². The number of nitrogens with zero attached hydrogens (tertiary/aromatic N) is 2. The molecule has 0 bridgehead atoms. The van der Waals surface area contributed by atoms with E-state index in [0.29, 0.717) is 18.5 Å². The zero-order chi connectivity index (χ0) is 20.6. The molecule has 1 rings (SSSR count). The molecule has 0 aliphatic heterocycles. The summed E-state index contributed by atoms with van der Waals surface area (Å²) in [5, 5.41) is 8.86. The molecule has 0 aliphatic rings. The van der Waals surface area contributed by atoms with Gasteiger partial charge in [0.15, 0.2) is 5.78 Å². The first-order valence-corrected chi connectivity index (χ1v) is 10.1. The lowest BCUT2D eigenvalue weighted by Crippen LogP contribution is -2.36. The highest BCUT2D eigenvalue weighted by Gasteiger charge is 2.22. The van der Waals surface area contributed by atoms with Crippen molar-refractivity contribution in [3.05, 3.63) is 29.8 Å². The molecule has 0 aliphatic carbocycles. The molecule has 9 heteroatoms. The van der Waals surface area contributed by atoms with E-state index in [-0.39, 0.29) is 42.5 Å². The highest BCUT2D eigenvalue weighted by molar-refractivity contribution is 7.89. The maximum Gasteiger partial charge on any atom is 0.323 e. The predicted molar refractivity (Wildman–Crippen MR) is 100 cm³/mol. The topological polar surface area (TPSA) is 112 Å². The second-order valence-electron chi connectivity index (χ2n) is 6.22. The molecule has 0 saturated heterocycles. The summed E-state index contributed by atoms with van der Waals surface area (Å²) in [6.45, 7) is 3.36. The van der Waals surface area contributed by atoms with E-state index in [9.17, 15) is 22.8 Å². The molecule has 0 unspecified atom stereocenters. The highest BCUT2D eigenvalue weighted by atomic mass is 32.2. The number of ketones is 1. The lowest BCUT2D eigenvalue weighted by molar-refractivity contribution is -0.144. The van der Waals surface area contributed by atoms with Crippen LogP contribution < -0.4 is 0 Å². The zero-order valence-electron chi connectivity index (χ0n) is 15.8. The molecule has 0 spiro atoms. The van der Waals surface area contributed by atoms with Crippen LogP contribution >= 0.6 is 0 Å². The number of amides is 1. The Hall–Kier alpha value is -2.26. The van der Waals surface area contributed by atoms with Gasteiger partial charge in [0.1, 0.15) is 6.54 Å². The van der Waals surface area contributed by atoms with Crippen molar-refractivity contribution in [3.63, 3.8) is 0 Å². The van der Waals surface area contributed by atoms with Crippen LogP contribution in [0.25, 0.3) is 0 Å². The number of rotatable bonds is 11. The number of aliphatic carboxylic acids is 1. The van der Waals surface area contributed by atoms with Crippen LogP contribution in [0.3, 0.4) is 0 Å². The Morgan fingerprint density at radius 3 is 2.15 bits per heavy atom. The van der Waals surface area contributed by atoms with Gasteiger partial charge in [-0.25, -0.2) is 12.7 Å². The molecule has 150 valence electrons. The van der Waals surface area contributed by atoms with Gasteiger partial charge in [-0.05, 0) is 31.9 Å². The third-order valence-corrected chi connectivity index (χ3v) is 5.88. The summed E-state index contributed by atoms with van der Waals surface area (Å²) >= 11 is 0. The lowest BCUT2D eigenvalue weighted by Gasteiger charge is -2.21. The number of benzene rings is 1. The van der Waals surface area contributed by atoms with E-state index >= 15 is 0 Å². The third-order valence-electron chi connectivity index (χ3n) is 4.01. The fourth-order valence-electron chi connectivity index (χ4n) is 2.50. The maximum atomic E-state index is 12.5. The number of carbonyl (C=O) groups excluding carboxylic acids is 2. The molecule has 1 amide bonds. The summed E-state index contributed by atoms with van der Waals surface area (Å²) < 4.78 is 26.2. The number of hydrogen-bond acceptors (Lipinski definition) is 5. The Bertz CT molecular complexity index is 774. The number of carboxylic acids is 1. The Morgan fingerprint density at radius 1 is 1.07 bits per heavy atom. The molecule has 0 aromatic heterocycles. The van der Waals surface area contributed by atoms with Crippen molar-refractivity contribution in [1.29, 1.82) is 0 Å². The summed E-state index contributed by atoms with van der Waals surface area (Å²) in [7, 11) is -2.31. The largest absolute Gasteiger partial charge is 0.480 e. The van der Waals surface area contributed by atoms with E-state index in [1.165, 1.54) is 43.1 Å². The van der Waals surface area contributed by atoms with Crippen LogP contribution in [0.5, 0.6) is 0 Å². The molecule has 0 heterocycles. The minimum absolute atomic E-state index is 0.0659. The highest BCUT2D eigenvalue weighted by Crippen LogP contribution is 2.16. The smallest absolute Gasteiger partial charge is 0.323 e. The van der Waals surface area contributed by atoms with Gasteiger partial charge < -0.3 is 10.0 Å². The van der Waals surface area contributed by atoms with E-state index in [1.807, 2.05) is 6.92 Å². The number of carboxylic acid groups (broad SMARTS) is 1. The fraction of sp³-hybridized carbons (Fsp3) is 0.500. The lowest BCUT2D eigenvalue weighted by atomic mass is 10.2. The first kappa shape index (κ1) is 22.8. The normalized spacial score (nSPS) is 11.4. The molecule has 0 fully saturated rings. The van der Waals surface area contributed by atoms with E-state index in [4.69, 9.17) is 5.11 Å². The van der Waals surface area contributed by atoms with Crippen LogP contribution in [0.15, 0.2) is 29.2 Å². The molecular weight excluding hydrogens is 372 g/mol. The van der Waals surface area contributed by atoms with E-state index in [1.54, 1.807) is 0 Å². The van der Waals surface area contributed by atoms with E-state index in [0.717, 1.165) is 4.31 Å². The van der Waals surface area contributed by atoms with Crippen LogP contribution in [0.1, 0.15) is 43.5 Å². The summed E-state index contributed by atoms with van der Waals surface area (Å²) in [6.07, 6.45) is 0.986. The van der Waals surface area contributed by atoms with E-state index in [2.05, 4.69) is 0 Å². The second-order valence-corrected chi connectivity index (χ2v) is 8.26. The quantitative estimate of drug-likeness (QED) is 0.567. The molecule has 1 N–H and O–H groups in total. The monoisotopic (exact) mass is 398 g/mol. The predicted octanol–water partition coefficient (Wildman–Crippen LogP) is 1.61. The van der Waals surface area contributed by atoms with Gasteiger partial charge in [0.05, 0.1) is 4.90 Å². The summed E-state index contributed by atoms with van der Waals surface area (Å²) in [5.74, 6) is -1.54. The summed E-state index contributed by atoms with van der Waals surface area (Å²) in [6, 6.07) is 5.68. The van der Waals surface area contributed by atoms with E-state index < -0.39 is 16.0 Å². The minimum Gasteiger partial charge on any atom is -0.480 e. The van der Waals surface area contributed by atoms with Gasteiger partial charge in [-0.1, -0.05) is 19.1 Å². The van der Waals surface area contributed by atoms with Gasteiger partial charge >= 0.3 is 5.97 Å². The molecule has 1 aromatic carbocycles. The van der Waals surface area contributed by atoms with Crippen LogP contribution in [0, 0.1) is 0 Å². The average Bonchev–Trinajstić information content (AvgIpc) is 2.60.